The van der Waals surface area contributed by atoms with Gasteiger partial charge in [-0.3, -0.25) is 0 Å². The lowest BCUT2D eigenvalue weighted by atomic mass is 10.3. The van der Waals surface area contributed by atoms with Gasteiger partial charge in [-0.2, -0.15) is 0 Å². The predicted molar refractivity (Wildman–Crippen MR) is 68.8 cm³/mol. The second-order valence-electron chi connectivity index (χ2n) is 4.71. The van der Waals surface area contributed by atoms with E-state index < -0.39 is 0 Å². The summed E-state index contributed by atoms with van der Waals surface area (Å²) < 4.78 is 0. The number of aromatic nitrogens is 2. The molecule has 1 fully saturated rings. The predicted octanol–water partition coefficient (Wildman–Crippen LogP) is 0.137. The highest BCUT2D eigenvalue weighted by Gasteiger charge is 2.12. The van der Waals surface area contributed by atoms with E-state index >= 15 is 0 Å². The molecule has 1 aromatic rings. The SMILES string of the molecule is CN1CCN(CCCNCc2ncc[nH]2)CC1. The highest BCUT2D eigenvalue weighted by Crippen LogP contribution is 1.99. The molecule has 1 aromatic heterocycles. The quantitative estimate of drug-likeness (QED) is 0.691. The molecular formula is C12H23N5. The number of hydrogen-bond acceptors (Lipinski definition) is 4. The van der Waals surface area contributed by atoms with Crippen LogP contribution >= 0.6 is 0 Å². The summed E-state index contributed by atoms with van der Waals surface area (Å²) >= 11 is 0. The minimum atomic E-state index is 0.843. The van der Waals surface area contributed by atoms with Gasteiger partial charge < -0.3 is 20.1 Å². The maximum absolute atomic E-state index is 4.18. The van der Waals surface area contributed by atoms with Crippen molar-refractivity contribution < 1.29 is 0 Å². The van der Waals surface area contributed by atoms with E-state index in [9.17, 15) is 0 Å². The fourth-order valence-corrected chi connectivity index (χ4v) is 2.10. The van der Waals surface area contributed by atoms with Crippen molar-refractivity contribution in [3.05, 3.63) is 18.2 Å². The molecule has 5 nitrogen and oxygen atoms in total. The fourth-order valence-electron chi connectivity index (χ4n) is 2.10. The first-order valence-electron chi connectivity index (χ1n) is 6.44. The van der Waals surface area contributed by atoms with Crippen molar-refractivity contribution in [1.82, 2.24) is 25.1 Å². The monoisotopic (exact) mass is 237 g/mol. The average Bonchev–Trinajstić information content (AvgIpc) is 2.84. The van der Waals surface area contributed by atoms with Crippen molar-refractivity contribution in [3.8, 4) is 0 Å². The first kappa shape index (κ1) is 12.5. The molecule has 0 spiro atoms. The lowest BCUT2D eigenvalue weighted by molar-refractivity contribution is 0.152. The summed E-state index contributed by atoms with van der Waals surface area (Å²) in [4.78, 5) is 12.2. The van der Waals surface area contributed by atoms with E-state index in [4.69, 9.17) is 0 Å². The molecule has 0 aliphatic carbocycles. The molecule has 96 valence electrons. The lowest BCUT2D eigenvalue weighted by Gasteiger charge is -2.32. The molecule has 1 aliphatic rings. The van der Waals surface area contributed by atoms with E-state index in [1.165, 1.54) is 39.1 Å². The van der Waals surface area contributed by atoms with E-state index in [0.717, 1.165) is 18.9 Å². The Labute approximate surface area is 103 Å². The van der Waals surface area contributed by atoms with Gasteiger partial charge in [0, 0.05) is 38.6 Å². The van der Waals surface area contributed by atoms with Gasteiger partial charge in [-0.1, -0.05) is 0 Å². The van der Waals surface area contributed by atoms with Gasteiger partial charge in [0.25, 0.3) is 0 Å². The molecule has 0 atom stereocenters. The molecule has 17 heavy (non-hydrogen) atoms. The zero-order chi connectivity index (χ0) is 11.9. The summed E-state index contributed by atoms with van der Waals surface area (Å²) in [7, 11) is 2.20. The van der Waals surface area contributed by atoms with Gasteiger partial charge in [0.05, 0.1) is 6.54 Å². The molecule has 2 rings (SSSR count). The Balaban J connectivity index is 1.49. The summed E-state index contributed by atoms with van der Waals surface area (Å²) in [5, 5.41) is 3.41. The molecule has 1 saturated heterocycles. The number of hydrogen-bond donors (Lipinski definition) is 2. The Kier molecular flexibility index (Phi) is 4.97. The summed E-state index contributed by atoms with van der Waals surface area (Å²) in [6, 6.07) is 0. The van der Waals surface area contributed by atoms with Crippen LogP contribution in [0.15, 0.2) is 12.4 Å². The van der Waals surface area contributed by atoms with Crippen molar-refractivity contribution >= 4 is 0 Å². The number of imidazole rings is 1. The topological polar surface area (TPSA) is 47.2 Å². The molecular weight excluding hydrogens is 214 g/mol. The van der Waals surface area contributed by atoms with E-state index in [1.54, 1.807) is 6.20 Å². The zero-order valence-electron chi connectivity index (χ0n) is 10.7. The Bertz CT molecular complexity index is 290. The number of likely N-dealkylation sites (N-methyl/N-ethyl adjacent to an activating group) is 1. The molecule has 0 bridgehead atoms. The molecule has 0 amide bonds. The van der Waals surface area contributed by atoms with Crippen LogP contribution in [-0.2, 0) is 6.54 Å². The largest absolute Gasteiger partial charge is 0.348 e. The van der Waals surface area contributed by atoms with Crippen molar-refractivity contribution in [2.24, 2.45) is 0 Å². The maximum Gasteiger partial charge on any atom is 0.120 e. The number of nitrogens with one attached hydrogen (secondary N) is 2. The van der Waals surface area contributed by atoms with Crippen LogP contribution in [0, 0.1) is 0 Å². The number of piperazine rings is 1. The molecule has 1 aliphatic heterocycles. The number of H-pyrrole nitrogens is 1. The highest BCUT2D eigenvalue weighted by atomic mass is 15.2. The third-order valence-corrected chi connectivity index (χ3v) is 3.27. The Hall–Kier alpha value is -0.910. The molecule has 0 saturated carbocycles. The Morgan fingerprint density at radius 1 is 1.35 bits per heavy atom. The van der Waals surface area contributed by atoms with Crippen molar-refractivity contribution in [1.29, 1.82) is 0 Å². The molecule has 2 N–H and O–H groups in total. The van der Waals surface area contributed by atoms with Crippen molar-refractivity contribution in [2.75, 3.05) is 46.3 Å². The first-order valence-corrected chi connectivity index (χ1v) is 6.44. The highest BCUT2D eigenvalue weighted by molar-refractivity contribution is 4.85. The number of aromatic amines is 1. The average molecular weight is 237 g/mol. The van der Waals surface area contributed by atoms with E-state index in [-0.39, 0.29) is 0 Å². The van der Waals surface area contributed by atoms with Crippen LogP contribution in [0.25, 0.3) is 0 Å². The van der Waals surface area contributed by atoms with Crippen LogP contribution in [0.4, 0.5) is 0 Å². The van der Waals surface area contributed by atoms with Crippen molar-refractivity contribution in [3.63, 3.8) is 0 Å². The van der Waals surface area contributed by atoms with Crippen LogP contribution in [-0.4, -0.2) is 66.1 Å². The standard InChI is InChI=1S/C12H23N5/c1-16-7-9-17(10-8-16)6-2-3-13-11-12-14-4-5-15-12/h4-5,13H,2-3,6-11H2,1H3,(H,14,15). The van der Waals surface area contributed by atoms with E-state index in [0.29, 0.717) is 0 Å². The van der Waals surface area contributed by atoms with E-state index in [1.807, 2.05) is 6.20 Å². The van der Waals surface area contributed by atoms with Crippen molar-refractivity contribution in [2.45, 2.75) is 13.0 Å². The lowest BCUT2D eigenvalue weighted by Crippen LogP contribution is -2.45. The van der Waals surface area contributed by atoms with Gasteiger partial charge >= 0.3 is 0 Å². The van der Waals surface area contributed by atoms with Gasteiger partial charge in [0.1, 0.15) is 5.82 Å². The molecule has 0 aromatic carbocycles. The minimum absolute atomic E-state index is 0.843. The Morgan fingerprint density at radius 3 is 2.88 bits per heavy atom. The van der Waals surface area contributed by atoms with Crippen LogP contribution in [0.1, 0.15) is 12.2 Å². The summed E-state index contributed by atoms with van der Waals surface area (Å²) in [5.41, 5.74) is 0. The third kappa shape index (κ3) is 4.46. The Morgan fingerprint density at radius 2 is 2.18 bits per heavy atom. The second-order valence-corrected chi connectivity index (χ2v) is 4.71. The van der Waals surface area contributed by atoms with Crippen LogP contribution < -0.4 is 5.32 Å². The fraction of sp³-hybridized carbons (Fsp3) is 0.750. The van der Waals surface area contributed by atoms with Gasteiger partial charge in [0.15, 0.2) is 0 Å². The molecule has 0 radical (unpaired) electrons. The summed E-state index contributed by atoms with van der Waals surface area (Å²) in [6.07, 6.45) is 4.87. The molecule has 2 heterocycles. The normalized spacial score (nSPS) is 18.6. The second kappa shape index (κ2) is 6.74. The van der Waals surface area contributed by atoms with Crippen LogP contribution in [0.2, 0.25) is 0 Å². The first-order chi connectivity index (χ1) is 8.34. The molecule has 0 unspecified atom stereocenters. The summed E-state index contributed by atoms with van der Waals surface area (Å²) in [6.45, 7) is 7.96. The van der Waals surface area contributed by atoms with Gasteiger partial charge in [-0.15, -0.1) is 0 Å². The summed E-state index contributed by atoms with van der Waals surface area (Å²) in [5.74, 6) is 1.02. The third-order valence-electron chi connectivity index (χ3n) is 3.27. The maximum atomic E-state index is 4.18. The van der Waals surface area contributed by atoms with E-state index in [2.05, 4.69) is 32.1 Å². The number of rotatable bonds is 6. The van der Waals surface area contributed by atoms with Crippen LogP contribution in [0.3, 0.4) is 0 Å². The minimum Gasteiger partial charge on any atom is -0.348 e. The molecule has 5 heteroatoms. The van der Waals surface area contributed by atoms with Gasteiger partial charge in [-0.25, -0.2) is 4.98 Å². The van der Waals surface area contributed by atoms with Gasteiger partial charge in [-0.05, 0) is 26.6 Å². The zero-order valence-corrected chi connectivity index (χ0v) is 10.7. The van der Waals surface area contributed by atoms with Crippen LogP contribution in [0.5, 0.6) is 0 Å². The smallest absolute Gasteiger partial charge is 0.120 e. The van der Waals surface area contributed by atoms with Gasteiger partial charge in [0.2, 0.25) is 0 Å². The number of nitrogens with zero attached hydrogens (tertiary/aromatic N) is 3.